The Kier molecular flexibility index (Phi) is 10.4. The summed E-state index contributed by atoms with van der Waals surface area (Å²) in [5, 5.41) is 6.42. The van der Waals surface area contributed by atoms with Crippen LogP contribution in [0.1, 0.15) is 12.5 Å². The highest BCUT2D eigenvalue weighted by atomic mass is 127. The topological polar surface area (TPSA) is 64.1 Å². The number of guanidine groups is 1. The Morgan fingerprint density at radius 1 is 1.07 bits per heavy atom. The van der Waals surface area contributed by atoms with Gasteiger partial charge in [0.15, 0.2) is 5.96 Å². The highest BCUT2D eigenvalue weighted by Crippen LogP contribution is 2.24. The molecule has 2 N–H and O–H groups in total. The van der Waals surface area contributed by atoms with Crippen molar-refractivity contribution in [1.82, 2.24) is 10.6 Å². The van der Waals surface area contributed by atoms with Crippen molar-refractivity contribution in [3.63, 3.8) is 0 Å². The van der Waals surface area contributed by atoms with Gasteiger partial charge in [0.1, 0.15) is 29.2 Å². The molecule has 0 heterocycles. The summed E-state index contributed by atoms with van der Waals surface area (Å²) in [4.78, 5) is 4.20. The second-order valence-electron chi connectivity index (χ2n) is 5.87. The zero-order valence-electron chi connectivity index (χ0n) is 16.5. The molecule has 0 saturated carbocycles. The molecule has 2 aromatic rings. The number of methoxy groups -OCH3 is 2. The zero-order chi connectivity index (χ0) is 19.6. The highest BCUT2D eigenvalue weighted by molar-refractivity contribution is 14.0. The Morgan fingerprint density at radius 2 is 1.86 bits per heavy atom. The van der Waals surface area contributed by atoms with Gasteiger partial charge in [-0.2, -0.15) is 0 Å². The van der Waals surface area contributed by atoms with Crippen LogP contribution in [0, 0.1) is 5.82 Å². The van der Waals surface area contributed by atoms with E-state index in [1.807, 2.05) is 25.1 Å². The molecule has 0 bridgehead atoms. The van der Waals surface area contributed by atoms with E-state index >= 15 is 0 Å². The van der Waals surface area contributed by atoms with E-state index in [1.54, 1.807) is 33.4 Å². The van der Waals surface area contributed by atoms with Gasteiger partial charge in [-0.25, -0.2) is 4.39 Å². The van der Waals surface area contributed by atoms with Crippen molar-refractivity contribution in [2.75, 3.05) is 27.8 Å². The summed E-state index contributed by atoms with van der Waals surface area (Å²) in [5.74, 6) is 2.28. The van der Waals surface area contributed by atoms with E-state index in [0.717, 1.165) is 17.1 Å². The van der Waals surface area contributed by atoms with Crippen LogP contribution in [0.5, 0.6) is 17.2 Å². The number of nitrogens with one attached hydrogen (secondary N) is 2. The Morgan fingerprint density at radius 3 is 2.50 bits per heavy atom. The molecular weight excluding hydrogens is 476 g/mol. The van der Waals surface area contributed by atoms with Gasteiger partial charge in [-0.15, -0.1) is 24.0 Å². The van der Waals surface area contributed by atoms with Crippen LogP contribution < -0.4 is 24.8 Å². The smallest absolute Gasteiger partial charge is 0.191 e. The lowest BCUT2D eigenvalue weighted by Crippen LogP contribution is -2.41. The molecule has 0 aliphatic carbocycles. The fourth-order valence-electron chi connectivity index (χ4n) is 2.45. The van der Waals surface area contributed by atoms with Crippen molar-refractivity contribution in [1.29, 1.82) is 0 Å². The van der Waals surface area contributed by atoms with Crippen LogP contribution in [-0.2, 0) is 6.54 Å². The Balaban J connectivity index is 0.00000392. The number of halogens is 2. The summed E-state index contributed by atoms with van der Waals surface area (Å²) in [6, 6.07) is 11.7. The van der Waals surface area contributed by atoms with E-state index in [2.05, 4.69) is 15.6 Å². The van der Waals surface area contributed by atoms with Crippen molar-refractivity contribution >= 4 is 29.9 Å². The van der Waals surface area contributed by atoms with Gasteiger partial charge in [0.25, 0.3) is 0 Å². The molecule has 2 rings (SSSR count). The number of benzene rings is 2. The molecule has 0 spiro atoms. The van der Waals surface area contributed by atoms with Gasteiger partial charge in [0.2, 0.25) is 0 Å². The van der Waals surface area contributed by atoms with Crippen molar-refractivity contribution in [3.8, 4) is 17.2 Å². The predicted molar refractivity (Wildman–Crippen MR) is 120 cm³/mol. The molecule has 0 fully saturated rings. The van der Waals surface area contributed by atoms with Gasteiger partial charge in [-0.3, -0.25) is 4.99 Å². The zero-order valence-corrected chi connectivity index (χ0v) is 18.8. The van der Waals surface area contributed by atoms with Crippen LogP contribution in [0.3, 0.4) is 0 Å². The van der Waals surface area contributed by atoms with E-state index in [9.17, 15) is 4.39 Å². The van der Waals surface area contributed by atoms with Crippen molar-refractivity contribution in [3.05, 3.63) is 53.8 Å². The standard InChI is InChI=1S/C20H26FN3O3.HI/c1-14(27-18-7-5-6-16(21)10-18)12-23-20(22-2)24-13-15-8-9-17(25-3)11-19(15)26-4;/h5-11,14H,12-13H2,1-4H3,(H2,22,23,24);1H. The Hall–Kier alpha value is -2.23. The van der Waals surface area contributed by atoms with Crippen LogP contribution in [-0.4, -0.2) is 39.9 Å². The van der Waals surface area contributed by atoms with Crippen LogP contribution in [0.25, 0.3) is 0 Å². The lowest BCUT2D eigenvalue weighted by atomic mass is 10.2. The van der Waals surface area contributed by atoms with Crippen LogP contribution in [0.2, 0.25) is 0 Å². The van der Waals surface area contributed by atoms with Gasteiger partial charge < -0.3 is 24.8 Å². The SMILES string of the molecule is CN=C(NCc1ccc(OC)cc1OC)NCC(C)Oc1cccc(F)c1.I. The van der Waals surface area contributed by atoms with E-state index in [-0.39, 0.29) is 35.9 Å². The van der Waals surface area contributed by atoms with Crippen LogP contribution >= 0.6 is 24.0 Å². The molecule has 0 aliphatic heterocycles. The van der Waals surface area contributed by atoms with E-state index < -0.39 is 0 Å². The lowest BCUT2D eigenvalue weighted by molar-refractivity contribution is 0.223. The normalized spacial score (nSPS) is 11.8. The fourth-order valence-corrected chi connectivity index (χ4v) is 2.45. The van der Waals surface area contributed by atoms with Crippen molar-refractivity contribution in [2.45, 2.75) is 19.6 Å². The van der Waals surface area contributed by atoms with E-state index in [4.69, 9.17) is 14.2 Å². The van der Waals surface area contributed by atoms with Gasteiger partial charge in [0, 0.05) is 31.3 Å². The molecule has 6 nitrogen and oxygen atoms in total. The van der Waals surface area contributed by atoms with Gasteiger partial charge in [-0.1, -0.05) is 6.07 Å². The second-order valence-corrected chi connectivity index (χ2v) is 5.87. The monoisotopic (exact) mass is 503 g/mol. The van der Waals surface area contributed by atoms with Crippen molar-refractivity contribution < 1.29 is 18.6 Å². The van der Waals surface area contributed by atoms with Crippen LogP contribution in [0.15, 0.2) is 47.5 Å². The molecule has 0 saturated heterocycles. The summed E-state index contributed by atoms with van der Waals surface area (Å²) in [6.07, 6.45) is -0.166. The summed E-state index contributed by atoms with van der Waals surface area (Å²) in [5.41, 5.74) is 0.977. The number of hydrogen-bond donors (Lipinski definition) is 2. The lowest BCUT2D eigenvalue weighted by Gasteiger charge is -2.18. The summed E-state index contributed by atoms with van der Waals surface area (Å²) in [6.45, 7) is 2.94. The maximum Gasteiger partial charge on any atom is 0.191 e. The first kappa shape index (κ1) is 23.8. The fraction of sp³-hybridized carbons (Fsp3) is 0.350. The second kappa shape index (κ2) is 12.3. The molecule has 28 heavy (non-hydrogen) atoms. The summed E-state index contributed by atoms with van der Waals surface area (Å²) >= 11 is 0. The molecule has 0 aromatic heterocycles. The first-order valence-corrected chi connectivity index (χ1v) is 8.63. The number of ether oxygens (including phenoxy) is 3. The van der Waals surface area contributed by atoms with E-state index in [1.165, 1.54) is 12.1 Å². The minimum absolute atomic E-state index is 0. The molecule has 8 heteroatoms. The third kappa shape index (κ3) is 7.41. The Bertz CT molecular complexity index is 774. The van der Waals surface area contributed by atoms with Gasteiger partial charge in [0.05, 0.1) is 20.8 Å². The number of nitrogens with zero attached hydrogens (tertiary/aromatic N) is 1. The molecule has 1 atom stereocenters. The predicted octanol–water partition coefficient (Wildman–Crippen LogP) is 3.59. The molecule has 2 aromatic carbocycles. The third-order valence-corrected chi connectivity index (χ3v) is 3.85. The molecule has 1 unspecified atom stereocenters. The summed E-state index contributed by atoms with van der Waals surface area (Å²) < 4.78 is 29.5. The average Bonchev–Trinajstić information content (AvgIpc) is 2.68. The average molecular weight is 503 g/mol. The molecule has 0 radical (unpaired) electrons. The van der Waals surface area contributed by atoms with Gasteiger partial charge >= 0.3 is 0 Å². The molecule has 154 valence electrons. The first-order chi connectivity index (χ1) is 13.0. The number of hydrogen-bond acceptors (Lipinski definition) is 4. The molecular formula is C20H27FIN3O3. The minimum Gasteiger partial charge on any atom is -0.497 e. The quantitative estimate of drug-likeness (QED) is 0.328. The third-order valence-electron chi connectivity index (χ3n) is 3.85. The first-order valence-electron chi connectivity index (χ1n) is 8.63. The molecule has 0 amide bonds. The maximum atomic E-state index is 13.2. The summed E-state index contributed by atoms with van der Waals surface area (Å²) in [7, 11) is 4.93. The Labute approximate surface area is 182 Å². The molecule has 0 aliphatic rings. The van der Waals surface area contributed by atoms with E-state index in [0.29, 0.717) is 24.8 Å². The largest absolute Gasteiger partial charge is 0.497 e. The van der Waals surface area contributed by atoms with Gasteiger partial charge in [-0.05, 0) is 31.2 Å². The van der Waals surface area contributed by atoms with Crippen molar-refractivity contribution in [2.24, 2.45) is 4.99 Å². The number of aliphatic imine (C=N–C) groups is 1. The maximum absolute atomic E-state index is 13.2. The number of rotatable bonds is 8. The van der Waals surface area contributed by atoms with Crippen LogP contribution in [0.4, 0.5) is 4.39 Å². The highest BCUT2D eigenvalue weighted by Gasteiger charge is 2.09. The minimum atomic E-state index is -0.321.